The molecular formula is C33H32FN5O6. The van der Waals surface area contributed by atoms with E-state index in [1.165, 1.54) is 28.0 Å². The summed E-state index contributed by atoms with van der Waals surface area (Å²) in [6.45, 7) is 1.46. The van der Waals surface area contributed by atoms with Crippen LogP contribution < -0.4 is 10.3 Å². The quantitative estimate of drug-likeness (QED) is 0.343. The van der Waals surface area contributed by atoms with Crippen molar-refractivity contribution in [3.63, 3.8) is 0 Å². The number of fused-ring (bicyclic) bond motifs is 1. The number of benzene rings is 3. The summed E-state index contributed by atoms with van der Waals surface area (Å²) in [5, 5.41) is 7.00. The van der Waals surface area contributed by atoms with E-state index in [2.05, 4.69) is 10.2 Å². The van der Waals surface area contributed by atoms with Gasteiger partial charge in [0.15, 0.2) is 11.6 Å². The number of piperazine rings is 1. The van der Waals surface area contributed by atoms with Crippen LogP contribution in [0.5, 0.6) is 11.6 Å². The van der Waals surface area contributed by atoms with Crippen molar-refractivity contribution >= 4 is 28.7 Å². The number of ether oxygens (including phenoxy) is 2. The molecule has 2 aliphatic heterocycles. The SMILES string of the molecule is O=C(c1cccc(Oc2n[nH]c(=O)c3ccccc23)c1F)N1CCN(C(=O)C2CCCCN2C(=O)OCc2ccccc2)CC1. The molecule has 11 nitrogen and oxygen atoms in total. The zero-order valence-corrected chi connectivity index (χ0v) is 24.5. The first kappa shape index (κ1) is 29.8. The second-order valence-corrected chi connectivity index (χ2v) is 11.0. The van der Waals surface area contributed by atoms with Crippen molar-refractivity contribution in [3.8, 4) is 11.6 Å². The summed E-state index contributed by atoms with van der Waals surface area (Å²) in [5.41, 5.74) is 0.279. The van der Waals surface area contributed by atoms with Crippen molar-refractivity contribution < 1.29 is 28.2 Å². The number of halogens is 1. The summed E-state index contributed by atoms with van der Waals surface area (Å²) in [6, 6.07) is 19.6. The van der Waals surface area contributed by atoms with Crippen LogP contribution in [0.2, 0.25) is 0 Å². The number of rotatable bonds is 6. The molecule has 4 aromatic rings. The number of hydrogen-bond donors (Lipinski definition) is 1. The summed E-state index contributed by atoms with van der Waals surface area (Å²) in [6.07, 6.45) is 1.62. The summed E-state index contributed by atoms with van der Waals surface area (Å²) in [7, 11) is 0. The number of piperidine rings is 1. The average molecular weight is 614 g/mol. The summed E-state index contributed by atoms with van der Waals surface area (Å²) >= 11 is 0. The van der Waals surface area contributed by atoms with Crippen molar-refractivity contribution in [3.05, 3.63) is 100 Å². The van der Waals surface area contributed by atoms with E-state index < -0.39 is 29.4 Å². The largest absolute Gasteiger partial charge is 0.445 e. The minimum Gasteiger partial charge on any atom is -0.445 e. The first-order chi connectivity index (χ1) is 21.9. The summed E-state index contributed by atoms with van der Waals surface area (Å²) in [4.78, 5) is 56.6. The minimum absolute atomic E-state index is 0.00142. The fourth-order valence-electron chi connectivity index (χ4n) is 5.75. The molecule has 232 valence electrons. The van der Waals surface area contributed by atoms with Gasteiger partial charge in [0.25, 0.3) is 11.5 Å². The number of amides is 3. The van der Waals surface area contributed by atoms with Crippen molar-refractivity contribution in [2.24, 2.45) is 0 Å². The molecule has 1 atom stereocenters. The van der Waals surface area contributed by atoms with Gasteiger partial charge in [0.1, 0.15) is 12.6 Å². The summed E-state index contributed by atoms with van der Waals surface area (Å²) in [5.74, 6) is -1.78. The van der Waals surface area contributed by atoms with Crippen molar-refractivity contribution in [1.29, 1.82) is 0 Å². The Hall–Kier alpha value is -5.26. The van der Waals surface area contributed by atoms with Crippen molar-refractivity contribution in [2.45, 2.75) is 31.9 Å². The fourth-order valence-corrected chi connectivity index (χ4v) is 5.75. The number of hydrogen-bond acceptors (Lipinski definition) is 7. The average Bonchev–Trinajstić information content (AvgIpc) is 3.09. The van der Waals surface area contributed by atoms with Crippen LogP contribution in [-0.2, 0) is 16.1 Å². The first-order valence-corrected chi connectivity index (χ1v) is 14.9. The van der Waals surface area contributed by atoms with Gasteiger partial charge in [-0.2, -0.15) is 0 Å². The maximum Gasteiger partial charge on any atom is 0.410 e. The minimum atomic E-state index is -0.857. The molecule has 45 heavy (non-hydrogen) atoms. The van der Waals surface area contributed by atoms with Crippen molar-refractivity contribution in [2.75, 3.05) is 32.7 Å². The van der Waals surface area contributed by atoms with Crippen molar-refractivity contribution in [1.82, 2.24) is 24.9 Å². The second-order valence-electron chi connectivity index (χ2n) is 11.0. The van der Waals surface area contributed by atoms with Gasteiger partial charge < -0.3 is 19.3 Å². The van der Waals surface area contributed by atoms with Gasteiger partial charge in [-0.25, -0.2) is 14.3 Å². The highest BCUT2D eigenvalue weighted by Gasteiger charge is 2.37. The van der Waals surface area contributed by atoms with Gasteiger partial charge in [0.2, 0.25) is 11.8 Å². The number of aromatic nitrogens is 2. The van der Waals surface area contributed by atoms with Gasteiger partial charge in [-0.3, -0.25) is 19.3 Å². The van der Waals surface area contributed by atoms with Gasteiger partial charge in [-0.15, -0.1) is 5.10 Å². The molecule has 12 heteroatoms. The van der Waals surface area contributed by atoms with E-state index in [0.29, 0.717) is 23.7 Å². The molecule has 0 saturated carbocycles. The molecule has 3 amide bonds. The number of nitrogens with zero attached hydrogens (tertiary/aromatic N) is 4. The predicted molar refractivity (Wildman–Crippen MR) is 162 cm³/mol. The maximum absolute atomic E-state index is 15.6. The van der Waals surface area contributed by atoms with Gasteiger partial charge in [-0.1, -0.05) is 48.5 Å². The maximum atomic E-state index is 15.6. The van der Waals surface area contributed by atoms with Crippen LogP contribution in [-0.4, -0.2) is 81.6 Å². The third-order valence-corrected chi connectivity index (χ3v) is 8.17. The van der Waals surface area contributed by atoms with E-state index in [0.717, 1.165) is 18.4 Å². The third-order valence-electron chi connectivity index (χ3n) is 8.17. The zero-order chi connectivity index (χ0) is 31.3. The third kappa shape index (κ3) is 6.35. The number of carbonyl (C=O) groups excluding carboxylic acids is 3. The standard InChI is InChI=1S/C33H32FN5O6/c34-28-25(13-8-15-27(28)45-30-24-12-5-4-11-23(24)29(40)35-36-30)31(41)37-17-19-38(20-18-37)32(42)26-14-6-7-16-39(26)33(43)44-21-22-9-2-1-3-10-22/h1-5,8-13,15,26H,6-7,14,16-21H2,(H,35,40). The van der Waals surface area contributed by atoms with Crippen LogP contribution in [0.15, 0.2) is 77.6 Å². The monoisotopic (exact) mass is 613 g/mol. The first-order valence-electron chi connectivity index (χ1n) is 14.9. The summed E-state index contributed by atoms with van der Waals surface area (Å²) < 4.78 is 26.8. The number of nitrogens with one attached hydrogen (secondary N) is 1. The lowest BCUT2D eigenvalue weighted by Crippen LogP contribution is -2.57. The van der Waals surface area contributed by atoms with E-state index in [-0.39, 0.29) is 55.9 Å². The second kappa shape index (κ2) is 13.2. The smallest absolute Gasteiger partial charge is 0.410 e. The van der Waals surface area contributed by atoms with Gasteiger partial charge in [0, 0.05) is 32.7 Å². The molecule has 1 N–H and O–H groups in total. The highest BCUT2D eigenvalue weighted by molar-refractivity contribution is 5.95. The molecule has 2 saturated heterocycles. The molecule has 0 aliphatic carbocycles. The molecule has 3 heterocycles. The predicted octanol–water partition coefficient (Wildman–Crippen LogP) is 4.33. The van der Waals surface area contributed by atoms with Crippen LogP contribution in [0.25, 0.3) is 10.8 Å². The molecule has 2 aliphatic rings. The lowest BCUT2D eigenvalue weighted by molar-refractivity contribution is -0.139. The molecule has 0 spiro atoms. The number of likely N-dealkylation sites (tertiary alicyclic amines) is 1. The van der Waals surface area contributed by atoms with Crippen LogP contribution in [0.4, 0.5) is 9.18 Å². The fraction of sp³-hybridized carbons (Fsp3) is 0.303. The molecule has 0 radical (unpaired) electrons. The molecule has 0 bridgehead atoms. The molecule has 2 fully saturated rings. The van der Waals surface area contributed by atoms with Crippen LogP contribution in [0.1, 0.15) is 35.2 Å². The van der Waals surface area contributed by atoms with Crippen LogP contribution >= 0.6 is 0 Å². The van der Waals surface area contributed by atoms with Gasteiger partial charge >= 0.3 is 6.09 Å². The molecule has 6 rings (SSSR count). The number of H-pyrrole nitrogens is 1. The number of aromatic amines is 1. The Morgan fingerprint density at radius 1 is 0.844 bits per heavy atom. The van der Waals surface area contributed by atoms with Gasteiger partial charge in [0.05, 0.1) is 16.3 Å². The van der Waals surface area contributed by atoms with Crippen LogP contribution in [0, 0.1) is 5.82 Å². The Balaban J connectivity index is 1.09. The molecule has 1 unspecified atom stereocenters. The van der Waals surface area contributed by atoms with E-state index in [4.69, 9.17) is 9.47 Å². The Labute approximate surface area is 258 Å². The van der Waals surface area contributed by atoms with Gasteiger partial charge in [-0.05, 0) is 49.1 Å². The normalized spacial score (nSPS) is 16.8. The lowest BCUT2D eigenvalue weighted by Gasteiger charge is -2.40. The Morgan fingerprint density at radius 2 is 1.56 bits per heavy atom. The van der Waals surface area contributed by atoms with E-state index in [1.807, 2.05) is 30.3 Å². The van der Waals surface area contributed by atoms with E-state index >= 15 is 4.39 Å². The number of carbonyl (C=O) groups is 3. The topological polar surface area (TPSA) is 125 Å². The molecule has 1 aromatic heterocycles. The Bertz CT molecular complexity index is 1770. The van der Waals surface area contributed by atoms with Crippen LogP contribution in [0.3, 0.4) is 0 Å². The lowest BCUT2D eigenvalue weighted by atomic mass is 10.0. The zero-order valence-electron chi connectivity index (χ0n) is 24.5. The highest BCUT2D eigenvalue weighted by atomic mass is 19.1. The molecular weight excluding hydrogens is 581 g/mol. The Kier molecular flexibility index (Phi) is 8.72. The van der Waals surface area contributed by atoms with E-state index in [1.54, 1.807) is 29.2 Å². The van der Waals surface area contributed by atoms with E-state index in [9.17, 15) is 19.2 Å². The highest BCUT2D eigenvalue weighted by Crippen LogP contribution is 2.30. The molecule has 3 aromatic carbocycles. The Morgan fingerprint density at radius 3 is 2.33 bits per heavy atom.